The largest absolute Gasteiger partial charge is 0.488 e. The van der Waals surface area contributed by atoms with Crippen LogP contribution in [-0.2, 0) is 29.0 Å². The van der Waals surface area contributed by atoms with Gasteiger partial charge >= 0.3 is 0 Å². The van der Waals surface area contributed by atoms with Crippen LogP contribution in [0.2, 0.25) is 0 Å². The number of nitrogens with zero attached hydrogens (tertiary/aromatic N) is 2. The number of hydrogen-bond donors (Lipinski definition) is 2. The van der Waals surface area contributed by atoms with Gasteiger partial charge in [0.25, 0.3) is 0 Å². The monoisotopic (exact) mass is 436 g/mol. The first-order valence-electron chi connectivity index (χ1n) is 11.3. The van der Waals surface area contributed by atoms with Gasteiger partial charge in [0.2, 0.25) is 5.91 Å². The lowest BCUT2D eigenvalue weighted by atomic mass is 10.00. The summed E-state index contributed by atoms with van der Waals surface area (Å²) in [4.78, 5) is 18.9. The highest BCUT2D eigenvalue weighted by molar-refractivity contribution is 5.86. The van der Waals surface area contributed by atoms with Gasteiger partial charge in [-0.3, -0.25) is 9.79 Å². The van der Waals surface area contributed by atoms with Crippen LogP contribution >= 0.6 is 0 Å². The summed E-state index contributed by atoms with van der Waals surface area (Å²) in [5.74, 6) is 1.53. The first-order chi connectivity index (χ1) is 15.6. The molecular weight excluding hydrogens is 404 g/mol. The number of fused-ring (bicyclic) bond motifs is 1. The van der Waals surface area contributed by atoms with E-state index < -0.39 is 0 Å². The number of nitrogens with one attached hydrogen (secondary N) is 2. The number of amides is 1. The molecule has 4 rings (SSSR count). The summed E-state index contributed by atoms with van der Waals surface area (Å²) >= 11 is 0. The lowest BCUT2D eigenvalue weighted by Crippen LogP contribution is -2.45. The normalized spacial score (nSPS) is 18.2. The molecule has 32 heavy (non-hydrogen) atoms. The Labute approximate surface area is 189 Å². The van der Waals surface area contributed by atoms with E-state index in [0.717, 1.165) is 42.9 Å². The zero-order valence-electron chi connectivity index (χ0n) is 18.9. The number of guanidine groups is 1. The number of benzene rings is 2. The van der Waals surface area contributed by atoms with Crippen LogP contribution in [-0.4, -0.2) is 56.2 Å². The highest BCUT2D eigenvalue weighted by atomic mass is 16.5. The molecule has 1 unspecified atom stereocenters. The van der Waals surface area contributed by atoms with Crippen LogP contribution < -0.4 is 15.4 Å². The van der Waals surface area contributed by atoms with E-state index in [2.05, 4.69) is 58.9 Å². The van der Waals surface area contributed by atoms with Gasteiger partial charge in [-0.2, -0.15) is 0 Å². The number of carbonyl (C=O) groups excluding carboxylic acids is 1. The number of aryl methyl sites for hydroxylation is 1. The molecule has 1 amide bonds. The Morgan fingerprint density at radius 2 is 2.06 bits per heavy atom. The van der Waals surface area contributed by atoms with Crippen molar-refractivity contribution < 1.29 is 14.3 Å². The molecule has 2 aliphatic rings. The third kappa shape index (κ3) is 5.59. The van der Waals surface area contributed by atoms with Gasteiger partial charge in [0.1, 0.15) is 11.9 Å². The smallest absolute Gasteiger partial charge is 0.242 e. The second-order valence-corrected chi connectivity index (χ2v) is 8.33. The topological polar surface area (TPSA) is 75.2 Å². The Hall–Kier alpha value is -3.06. The molecule has 2 aliphatic heterocycles. The standard InChI is InChI=1S/C25H32N4O3/c1-18-7-8-20(23(13-18)32-22-10-12-31-17-22)14-27-25(26-2)28-15-24(30)29-11-9-19-5-3-4-6-21(19)16-29/h3-8,13,22H,9-12,14-17H2,1-2H3,(H2,26,27,28). The van der Waals surface area contributed by atoms with Gasteiger partial charge in [-0.1, -0.05) is 36.4 Å². The quantitative estimate of drug-likeness (QED) is 0.537. The van der Waals surface area contributed by atoms with Crippen LogP contribution in [0.1, 0.15) is 28.7 Å². The van der Waals surface area contributed by atoms with E-state index >= 15 is 0 Å². The van der Waals surface area contributed by atoms with Crippen LogP contribution in [0.15, 0.2) is 47.5 Å². The molecular formula is C25H32N4O3. The number of rotatable bonds is 6. The van der Waals surface area contributed by atoms with Gasteiger partial charge < -0.3 is 25.0 Å². The molecule has 0 spiro atoms. The summed E-state index contributed by atoms with van der Waals surface area (Å²) in [5, 5.41) is 6.45. The van der Waals surface area contributed by atoms with Gasteiger partial charge in [0, 0.05) is 38.7 Å². The number of ether oxygens (including phenoxy) is 2. The van der Waals surface area contributed by atoms with E-state index in [1.165, 1.54) is 11.1 Å². The second kappa shape index (κ2) is 10.5. The van der Waals surface area contributed by atoms with Gasteiger partial charge in [-0.15, -0.1) is 0 Å². The maximum absolute atomic E-state index is 12.7. The SMILES string of the molecule is CN=C(NCC(=O)N1CCc2ccccc2C1)NCc1ccc(C)cc1OC1CCOC1. The van der Waals surface area contributed by atoms with Crippen molar-refractivity contribution >= 4 is 11.9 Å². The molecule has 2 aromatic rings. The molecule has 170 valence electrons. The summed E-state index contributed by atoms with van der Waals surface area (Å²) in [6.45, 7) is 5.60. The molecule has 2 N–H and O–H groups in total. The molecule has 1 atom stereocenters. The van der Waals surface area contributed by atoms with E-state index in [9.17, 15) is 4.79 Å². The van der Waals surface area contributed by atoms with Crippen molar-refractivity contribution in [3.8, 4) is 5.75 Å². The van der Waals surface area contributed by atoms with Crippen molar-refractivity contribution in [2.24, 2.45) is 4.99 Å². The lowest BCUT2D eigenvalue weighted by Gasteiger charge is -2.29. The molecule has 1 saturated heterocycles. The average Bonchev–Trinajstić information content (AvgIpc) is 3.33. The minimum absolute atomic E-state index is 0.0723. The van der Waals surface area contributed by atoms with E-state index in [1.54, 1.807) is 7.05 Å². The molecule has 7 heteroatoms. The molecule has 0 aromatic heterocycles. The molecule has 0 radical (unpaired) electrons. The van der Waals surface area contributed by atoms with E-state index in [4.69, 9.17) is 9.47 Å². The fourth-order valence-electron chi connectivity index (χ4n) is 4.08. The zero-order chi connectivity index (χ0) is 22.3. The Balaban J connectivity index is 1.29. The Kier molecular flexibility index (Phi) is 7.27. The van der Waals surface area contributed by atoms with Crippen molar-refractivity contribution in [2.45, 2.75) is 39.0 Å². The fraction of sp³-hybridized carbons (Fsp3) is 0.440. The van der Waals surface area contributed by atoms with Gasteiger partial charge in [-0.05, 0) is 36.1 Å². The molecule has 2 heterocycles. The Bertz CT molecular complexity index is 969. The second-order valence-electron chi connectivity index (χ2n) is 8.33. The van der Waals surface area contributed by atoms with Gasteiger partial charge in [0.15, 0.2) is 5.96 Å². The van der Waals surface area contributed by atoms with Crippen molar-refractivity contribution in [2.75, 3.05) is 33.4 Å². The van der Waals surface area contributed by atoms with Crippen molar-refractivity contribution in [3.05, 3.63) is 64.7 Å². The summed E-state index contributed by atoms with van der Waals surface area (Å²) in [5.41, 5.74) is 4.76. The third-order valence-corrected chi connectivity index (χ3v) is 5.96. The van der Waals surface area contributed by atoms with Crippen LogP contribution in [0.25, 0.3) is 0 Å². The molecule has 0 aliphatic carbocycles. The molecule has 0 saturated carbocycles. The Morgan fingerprint density at radius 1 is 1.22 bits per heavy atom. The predicted octanol–water partition coefficient (Wildman–Crippen LogP) is 2.41. The number of hydrogen-bond acceptors (Lipinski definition) is 4. The van der Waals surface area contributed by atoms with Gasteiger partial charge in [-0.25, -0.2) is 0 Å². The molecule has 1 fully saturated rings. The van der Waals surface area contributed by atoms with Crippen LogP contribution in [0.3, 0.4) is 0 Å². The highest BCUT2D eigenvalue weighted by Crippen LogP contribution is 2.24. The maximum atomic E-state index is 12.7. The van der Waals surface area contributed by atoms with E-state index in [0.29, 0.717) is 25.7 Å². The number of carbonyl (C=O) groups is 1. The average molecular weight is 437 g/mol. The van der Waals surface area contributed by atoms with Crippen LogP contribution in [0.5, 0.6) is 5.75 Å². The summed E-state index contributed by atoms with van der Waals surface area (Å²) in [6, 6.07) is 14.5. The summed E-state index contributed by atoms with van der Waals surface area (Å²) in [6.07, 6.45) is 1.91. The highest BCUT2D eigenvalue weighted by Gasteiger charge is 2.21. The zero-order valence-corrected chi connectivity index (χ0v) is 18.9. The van der Waals surface area contributed by atoms with Crippen LogP contribution in [0.4, 0.5) is 0 Å². The van der Waals surface area contributed by atoms with Crippen molar-refractivity contribution in [3.63, 3.8) is 0 Å². The van der Waals surface area contributed by atoms with Crippen LogP contribution in [0, 0.1) is 6.92 Å². The lowest BCUT2D eigenvalue weighted by molar-refractivity contribution is -0.130. The maximum Gasteiger partial charge on any atom is 0.242 e. The predicted molar refractivity (Wildman–Crippen MR) is 125 cm³/mol. The van der Waals surface area contributed by atoms with Crippen molar-refractivity contribution in [1.29, 1.82) is 0 Å². The third-order valence-electron chi connectivity index (χ3n) is 5.96. The van der Waals surface area contributed by atoms with Gasteiger partial charge in [0.05, 0.1) is 19.8 Å². The molecule has 2 aromatic carbocycles. The summed E-state index contributed by atoms with van der Waals surface area (Å²) in [7, 11) is 1.71. The minimum Gasteiger partial charge on any atom is -0.488 e. The number of aliphatic imine (C=N–C) groups is 1. The fourth-order valence-corrected chi connectivity index (χ4v) is 4.08. The molecule has 0 bridgehead atoms. The first kappa shape index (κ1) is 22.1. The van der Waals surface area contributed by atoms with Crippen molar-refractivity contribution in [1.82, 2.24) is 15.5 Å². The summed E-state index contributed by atoms with van der Waals surface area (Å²) < 4.78 is 11.6. The molecule has 7 nitrogen and oxygen atoms in total. The van der Waals surface area contributed by atoms with E-state index in [-0.39, 0.29) is 18.6 Å². The minimum atomic E-state index is 0.0723. The first-order valence-corrected chi connectivity index (χ1v) is 11.3. The Morgan fingerprint density at radius 3 is 2.84 bits per heavy atom. The van der Waals surface area contributed by atoms with E-state index in [1.807, 2.05) is 11.0 Å².